The average Bonchev–Trinajstić information content (AvgIpc) is 2.83. The van der Waals surface area contributed by atoms with Crippen molar-refractivity contribution in [3.63, 3.8) is 0 Å². The molecule has 1 fully saturated rings. The number of nitrogen functional groups attached to an aromatic ring is 1. The number of hydrogen-bond donors (Lipinski definition) is 1. The minimum Gasteiger partial charge on any atom is -0.375 e. The quantitative estimate of drug-likeness (QED) is 0.912. The average molecular weight is 271 g/mol. The van der Waals surface area contributed by atoms with E-state index in [1.54, 1.807) is 11.3 Å². The van der Waals surface area contributed by atoms with Gasteiger partial charge in [0.05, 0.1) is 5.69 Å². The zero-order valence-corrected chi connectivity index (χ0v) is 11.6. The maximum Gasteiger partial charge on any atom is 0.180 e. The third-order valence-electron chi connectivity index (χ3n) is 4.30. The fraction of sp³-hybridized carbons (Fsp3) is 0.400. The maximum absolute atomic E-state index is 5.90. The van der Waals surface area contributed by atoms with E-state index in [1.165, 1.54) is 29.0 Å². The Morgan fingerprint density at radius 1 is 1.26 bits per heavy atom. The van der Waals surface area contributed by atoms with Gasteiger partial charge < -0.3 is 5.73 Å². The molecule has 1 aromatic carbocycles. The Kier molecular flexibility index (Phi) is 2.60. The number of nitrogens with zero attached hydrogens (tertiary/aromatic N) is 2. The number of anilines is 1. The van der Waals surface area contributed by atoms with Crippen LogP contribution in [0.25, 0.3) is 0 Å². The molecule has 0 amide bonds. The Morgan fingerprint density at radius 3 is 2.95 bits per heavy atom. The molecule has 0 spiro atoms. The highest BCUT2D eigenvalue weighted by molar-refractivity contribution is 7.15. The molecular formula is C15H17N3S. The van der Waals surface area contributed by atoms with Crippen LogP contribution in [0.2, 0.25) is 0 Å². The molecule has 1 aliphatic carbocycles. The fourth-order valence-corrected chi connectivity index (χ4v) is 4.54. The van der Waals surface area contributed by atoms with Crippen LogP contribution in [0, 0.1) is 0 Å². The lowest BCUT2D eigenvalue weighted by molar-refractivity contribution is 0.106. The van der Waals surface area contributed by atoms with Crippen molar-refractivity contribution in [1.82, 2.24) is 9.88 Å². The summed E-state index contributed by atoms with van der Waals surface area (Å²) in [6.45, 7) is 2.18. The van der Waals surface area contributed by atoms with Gasteiger partial charge in [0.15, 0.2) is 5.13 Å². The minimum absolute atomic E-state index is 0.537. The first kappa shape index (κ1) is 11.4. The van der Waals surface area contributed by atoms with E-state index in [9.17, 15) is 0 Å². The van der Waals surface area contributed by atoms with Crippen molar-refractivity contribution >= 4 is 16.5 Å². The number of hydrogen-bond acceptors (Lipinski definition) is 4. The molecule has 2 aliphatic heterocycles. The Morgan fingerprint density at radius 2 is 2.11 bits per heavy atom. The SMILES string of the molecule is Nc1nc2c(s1)C1CCC2CN1Cc1ccccc1. The molecule has 4 heteroatoms. The fourth-order valence-electron chi connectivity index (χ4n) is 3.45. The number of fused-ring (bicyclic) bond motifs is 2. The van der Waals surface area contributed by atoms with Gasteiger partial charge in [-0.15, -0.1) is 11.3 Å². The van der Waals surface area contributed by atoms with E-state index in [4.69, 9.17) is 5.73 Å². The van der Waals surface area contributed by atoms with Gasteiger partial charge >= 0.3 is 0 Å². The van der Waals surface area contributed by atoms with Crippen LogP contribution in [-0.2, 0) is 6.54 Å². The Hall–Kier alpha value is -1.39. The zero-order chi connectivity index (χ0) is 12.8. The van der Waals surface area contributed by atoms with Crippen LogP contribution in [0.4, 0.5) is 5.13 Å². The summed E-state index contributed by atoms with van der Waals surface area (Å²) >= 11 is 1.69. The second kappa shape index (κ2) is 4.32. The van der Waals surface area contributed by atoms with Crippen LogP contribution in [0.3, 0.4) is 0 Å². The lowest BCUT2D eigenvalue weighted by atomic mass is 9.81. The van der Waals surface area contributed by atoms with E-state index in [0.29, 0.717) is 12.0 Å². The third kappa shape index (κ3) is 1.86. The largest absolute Gasteiger partial charge is 0.375 e. The van der Waals surface area contributed by atoms with Gasteiger partial charge in [-0.2, -0.15) is 0 Å². The second-order valence-electron chi connectivity index (χ2n) is 5.51. The summed E-state index contributed by atoms with van der Waals surface area (Å²) in [7, 11) is 0. The molecule has 98 valence electrons. The van der Waals surface area contributed by atoms with Crippen molar-refractivity contribution in [3.8, 4) is 0 Å². The molecule has 3 heterocycles. The van der Waals surface area contributed by atoms with Gasteiger partial charge in [0.25, 0.3) is 0 Å². The Bertz CT molecular complexity index is 593. The number of aromatic nitrogens is 1. The summed E-state index contributed by atoms with van der Waals surface area (Å²) in [5.74, 6) is 0.595. The summed E-state index contributed by atoms with van der Waals surface area (Å²) in [6, 6.07) is 11.3. The van der Waals surface area contributed by atoms with Gasteiger partial charge in [-0.25, -0.2) is 4.98 Å². The number of thiazole rings is 1. The van der Waals surface area contributed by atoms with Gasteiger partial charge in [0.2, 0.25) is 0 Å². The van der Waals surface area contributed by atoms with E-state index >= 15 is 0 Å². The summed E-state index contributed by atoms with van der Waals surface area (Å²) in [6.07, 6.45) is 2.53. The third-order valence-corrected chi connectivity index (χ3v) is 5.30. The normalized spacial score (nSPS) is 25.5. The standard InChI is InChI=1S/C15H17N3S/c16-15-17-13-11-6-7-12(14(13)19-15)18(9-11)8-10-4-2-1-3-5-10/h1-5,11-12H,6-9H2,(H2,16,17). The van der Waals surface area contributed by atoms with Crippen molar-refractivity contribution in [2.24, 2.45) is 0 Å². The highest BCUT2D eigenvalue weighted by atomic mass is 32.1. The van der Waals surface area contributed by atoms with Crippen LogP contribution in [0.1, 0.15) is 40.9 Å². The number of nitrogens with two attached hydrogens (primary N) is 1. The molecule has 2 aromatic rings. The molecule has 2 bridgehead atoms. The summed E-state index contributed by atoms with van der Waals surface area (Å²) in [5, 5.41) is 0.739. The van der Waals surface area contributed by atoms with Crippen LogP contribution < -0.4 is 5.73 Å². The predicted octanol–water partition coefficient (Wildman–Crippen LogP) is 3.16. The molecule has 1 saturated heterocycles. The van der Waals surface area contributed by atoms with E-state index in [2.05, 4.69) is 40.2 Å². The smallest absolute Gasteiger partial charge is 0.180 e. The first-order chi connectivity index (χ1) is 9.31. The second-order valence-corrected chi connectivity index (χ2v) is 6.57. The van der Waals surface area contributed by atoms with Crippen molar-refractivity contribution in [3.05, 3.63) is 46.5 Å². The van der Waals surface area contributed by atoms with Gasteiger partial charge in [0.1, 0.15) is 0 Å². The maximum atomic E-state index is 5.90. The van der Waals surface area contributed by atoms with Gasteiger partial charge in [-0.05, 0) is 18.4 Å². The summed E-state index contributed by atoms with van der Waals surface area (Å²) in [4.78, 5) is 8.57. The monoisotopic (exact) mass is 271 g/mol. The molecule has 2 unspecified atom stereocenters. The predicted molar refractivity (Wildman–Crippen MR) is 78.1 cm³/mol. The van der Waals surface area contributed by atoms with E-state index in [1.807, 2.05) is 0 Å². The lowest BCUT2D eigenvalue weighted by Crippen LogP contribution is -2.41. The molecule has 0 radical (unpaired) electrons. The lowest BCUT2D eigenvalue weighted by Gasteiger charge is -2.44. The Balaban J connectivity index is 1.64. The highest BCUT2D eigenvalue weighted by Crippen LogP contribution is 2.49. The van der Waals surface area contributed by atoms with Crippen LogP contribution in [0.5, 0.6) is 0 Å². The first-order valence-corrected chi connectivity index (χ1v) is 7.67. The molecule has 0 saturated carbocycles. The van der Waals surface area contributed by atoms with Crippen LogP contribution >= 0.6 is 11.3 Å². The highest BCUT2D eigenvalue weighted by Gasteiger charge is 2.40. The van der Waals surface area contributed by atoms with Gasteiger partial charge in [0, 0.05) is 29.9 Å². The van der Waals surface area contributed by atoms with Crippen molar-refractivity contribution in [2.45, 2.75) is 31.3 Å². The minimum atomic E-state index is 0.537. The van der Waals surface area contributed by atoms with Crippen LogP contribution in [-0.4, -0.2) is 16.4 Å². The van der Waals surface area contributed by atoms with Gasteiger partial charge in [-0.3, -0.25) is 4.90 Å². The molecule has 1 aromatic heterocycles. The first-order valence-electron chi connectivity index (χ1n) is 6.85. The van der Waals surface area contributed by atoms with Crippen molar-refractivity contribution < 1.29 is 0 Å². The Labute approximate surface area is 117 Å². The molecular weight excluding hydrogens is 254 g/mol. The molecule has 2 N–H and O–H groups in total. The van der Waals surface area contributed by atoms with E-state index in [-0.39, 0.29) is 0 Å². The molecule has 19 heavy (non-hydrogen) atoms. The number of benzene rings is 1. The molecule has 3 nitrogen and oxygen atoms in total. The van der Waals surface area contributed by atoms with Gasteiger partial charge in [-0.1, -0.05) is 30.3 Å². The van der Waals surface area contributed by atoms with Crippen molar-refractivity contribution in [1.29, 1.82) is 0 Å². The number of rotatable bonds is 2. The zero-order valence-electron chi connectivity index (χ0n) is 10.7. The van der Waals surface area contributed by atoms with Crippen LogP contribution in [0.15, 0.2) is 30.3 Å². The molecule has 2 atom stereocenters. The number of piperidine rings is 1. The summed E-state index contributed by atoms with van der Waals surface area (Å²) in [5.41, 5.74) is 8.59. The molecule has 3 aliphatic rings. The summed E-state index contributed by atoms with van der Waals surface area (Å²) < 4.78 is 0. The topological polar surface area (TPSA) is 42.1 Å². The van der Waals surface area contributed by atoms with E-state index < -0.39 is 0 Å². The van der Waals surface area contributed by atoms with Crippen molar-refractivity contribution in [2.75, 3.05) is 12.3 Å². The van der Waals surface area contributed by atoms with E-state index in [0.717, 1.165) is 18.2 Å². The molecule has 5 rings (SSSR count).